The van der Waals surface area contributed by atoms with E-state index in [0.717, 1.165) is 44.2 Å². The molecule has 1 saturated heterocycles. The van der Waals surface area contributed by atoms with Crippen molar-refractivity contribution in [3.05, 3.63) is 52.1 Å². The highest BCUT2D eigenvalue weighted by atomic mass is 16.2. The van der Waals surface area contributed by atoms with E-state index in [9.17, 15) is 9.59 Å². The Morgan fingerprint density at radius 2 is 2.03 bits per heavy atom. The first-order valence-corrected chi connectivity index (χ1v) is 11.3. The summed E-state index contributed by atoms with van der Waals surface area (Å²) in [5, 5.41) is 8.18. The second kappa shape index (κ2) is 9.85. The molecule has 1 N–H and O–H groups in total. The largest absolute Gasteiger partial charge is 0.342 e. The zero-order valence-electron chi connectivity index (χ0n) is 18.1. The van der Waals surface area contributed by atoms with Crippen LogP contribution in [0.1, 0.15) is 69.2 Å². The number of likely N-dealkylation sites (tertiary alicyclic amines) is 1. The molecule has 3 heterocycles. The molecule has 3 aromatic rings. The number of aromatic nitrogens is 5. The van der Waals surface area contributed by atoms with Crippen molar-refractivity contribution in [1.82, 2.24) is 29.9 Å². The third-order valence-electron chi connectivity index (χ3n) is 5.97. The van der Waals surface area contributed by atoms with E-state index in [1.807, 2.05) is 35.2 Å². The predicted molar refractivity (Wildman–Crippen MR) is 119 cm³/mol. The van der Waals surface area contributed by atoms with Crippen LogP contribution >= 0.6 is 0 Å². The number of hydrogen-bond donors (Lipinski definition) is 1. The van der Waals surface area contributed by atoms with Crippen molar-refractivity contribution in [2.75, 3.05) is 13.1 Å². The predicted octanol–water partition coefficient (Wildman–Crippen LogP) is 3.24. The minimum atomic E-state index is -0.276. The number of aromatic amines is 1. The van der Waals surface area contributed by atoms with Gasteiger partial charge in [0.05, 0.1) is 6.54 Å². The molecule has 0 saturated carbocycles. The fourth-order valence-electron chi connectivity index (χ4n) is 4.23. The molecule has 0 spiro atoms. The Bertz CT molecular complexity index is 1070. The molecule has 8 nitrogen and oxygen atoms in total. The lowest BCUT2D eigenvalue weighted by Crippen LogP contribution is -2.39. The van der Waals surface area contributed by atoms with Crippen LogP contribution in [0.15, 0.2) is 35.1 Å². The number of rotatable bonds is 8. The molecule has 0 aliphatic carbocycles. The average molecular weight is 423 g/mol. The van der Waals surface area contributed by atoms with Gasteiger partial charge in [-0.25, -0.2) is 9.67 Å². The Morgan fingerprint density at radius 1 is 1.19 bits per heavy atom. The topological polar surface area (TPSA) is 96.8 Å². The third kappa shape index (κ3) is 5.00. The van der Waals surface area contributed by atoms with Crippen molar-refractivity contribution in [3.8, 4) is 0 Å². The number of fused-ring (bicyclic) bond motifs is 1. The number of nitrogens with zero attached hydrogens (tertiary/aromatic N) is 5. The van der Waals surface area contributed by atoms with Gasteiger partial charge in [0.2, 0.25) is 5.91 Å². The number of H-pyrrole nitrogens is 1. The van der Waals surface area contributed by atoms with Gasteiger partial charge in [0.15, 0.2) is 11.2 Å². The second-order valence-electron chi connectivity index (χ2n) is 8.35. The molecule has 164 valence electrons. The zero-order valence-corrected chi connectivity index (χ0v) is 18.1. The number of carbonyl (C=O) groups excluding carboxylic acids is 1. The molecule has 1 fully saturated rings. The molecular formula is C23H30N6O2. The molecule has 0 radical (unpaired) electrons. The van der Waals surface area contributed by atoms with Gasteiger partial charge in [0, 0.05) is 25.4 Å². The maximum atomic E-state index is 12.6. The molecule has 1 amide bonds. The average Bonchev–Trinajstić information content (AvgIpc) is 3.20. The molecule has 1 aliphatic rings. The molecule has 0 bridgehead atoms. The molecule has 1 aromatic carbocycles. The van der Waals surface area contributed by atoms with Crippen LogP contribution in [0, 0.1) is 0 Å². The summed E-state index contributed by atoms with van der Waals surface area (Å²) in [5.41, 5.74) is 1.53. The molecule has 0 unspecified atom stereocenters. The van der Waals surface area contributed by atoms with Gasteiger partial charge in [0.25, 0.3) is 5.56 Å². The van der Waals surface area contributed by atoms with E-state index in [0.29, 0.717) is 31.0 Å². The van der Waals surface area contributed by atoms with Crippen LogP contribution in [-0.2, 0) is 11.3 Å². The molecule has 31 heavy (non-hydrogen) atoms. The summed E-state index contributed by atoms with van der Waals surface area (Å²) in [4.78, 5) is 34.8. The summed E-state index contributed by atoms with van der Waals surface area (Å²) < 4.78 is 1.67. The van der Waals surface area contributed by atoms with E-state index < -0.39 is 0 Å². The quantitative estimate of drug-likeness (QED) is 0.562. The molecule has 2 aromatic heterocycles. The van der Waals surface area contributed by atoms with Crippen LogP contribution in [0.5, 0.6) is 0 Å². The van der Waals surface area contributed by atoms with E-state index in [2.05, 4.69) is 22.2 Å². The van der Waals surface area contributed by atoms with E-state index in [4.69, 9.17) is 4.98 Å². The highest BCUT2D eigenvalue weighted by molar-refractivity contribution is 5.76. The monoisotopic (exact) mass is 422 g/mol. The van der Waals surface area contributed by atoms with E-state index in [1.54, 1.807) is 4.68 Å². The normalized spacial score (nSPS) is 16.7. The van der Waals surface area contributed by atoms with E-state index in [1.165, 1.54) is 6.42 Å². The van der Waals surface area contributed by atoms with Gasteiger partial charge in [-0.15, -0.1) is 5.10 Å². The Hall–Kier alpha value is -3.03. The van der Waals surface area contributed by atoms with Crippen molar-refractivity contribution in [3.63, 3.8) is 0 Å². The van der Waals surface area contributed by atoms with Crippen molar-refractivity contribution >= 4 is 17.1 Å². The van der Waals surface area contributed by atoms with E-state index in [-0.39, 0.29) is 22.9 Å². The third-order valence-corrected chi connectivity index (χ3v) is 5.97. The first kappa shape index (κ1) is 21.2. The maximum Gasteiger partial charge on any atom is 0.281 e. The van der Waals surface area contributed by atoms with Crippen LogP contribution in [0.2, 0.25) is 0 Å². The molecule has 1 aliphatic heterocycles. The maximum absolute atomic E-state index is 12.6. The van der Waals surface area contributed by atoms with Gasteiger partial charge < -0.3 is 9.88 Å². The van der Waals surface area contributed by atoms with Crippen LogP contribution in [0.4, 0.5) is 0 Å². The van der Waals surface area contributed by atoms with Gasteiger partial charge in [-0.05, 0) is 24.8 Å². The standard InChI is InChI=1S/C23H30N6O2/c1-2-3-4-8-13-19(30)28-14-9-12-18(16-28)21-24-22-20(23(31)25-21)26-27-29(22)15-17-10-6-5-7-11-17/h5-7,10-11,18H,2-4,8-9,12-16H2,1H3,(H,24,25,31)/t18-/m1/s1. The molecule has 8 heteroatoms. The number of unbranched alkanes of at least 4 members (excludes halogenated alkanes) is 3. The summed E-state index contributed by atoms with van der Waals surface area (Å²) in [7, 11) is 0. The Balaban J connectivity index is 1.51. The molecule has 4 rings (SSSR count). The van der Waals surface area contributed by atoms with Crippen molar-refractivity contribution in [2.24, 2.45) is 0 Å². The highest BCUT2D eigenvalue weighted by Gasteiger charge is 2.27. The highest BCUT2D eigenvalue weighted by Crippen LogP contribution is 2.25. The summed E-state index contributed by atoms with van der Waals surface area (Å²) >= 11 is 0. The summed E-state index contributed by atoms with van der Waals surface area (Å²) in [6.07, 6.45) is 6.79. The molecule has 1 atom stereocenters. The number of piperidine rings is 1. The lowest BCUT2D eigenvalue weighted by atomic mass is 9.96. The van der Waals surface area contributed by atoms with Crippen LogP contribution in [-0.4, -0.2) is 48.9 Å². The summed E-state index contributed by atoms with van der Waals surface area (Å²) in [6.45, 7) is 4.05. The first-order valence-electron chi connectivity index (χ1n) is 11.3. The van der Waals surface area contributed by atoms with Gasteiger partial charge in [-0.2, -0.15) is 0 Å². The fraction of sp³-hybridized carbons (Fsp3) is 0.522. The van der Waals surface area contributed by atoms with E-state index >= 15 is 0 Å². The minimum Gasteiger partial charge on any atom is -0.342 e. The number of nitrogens with one attached hydrogen (secondary N) is 1. The van der Waals surface area contributed by atoms with Crippen molar-refractivity contribution in [2.45, 2.75) is 64.3 Å². The van der Waals surface area contributed by atoms with Crippen LogP contribution < -0.4 is 5.56 Å². The summed E-state index contributed by atoms with van der Waals surface area (Å²) in [5.74, 6) is 0.850. The SMILES string of the molecule is CCCCCCC(=O)N1CCC[C@@H](c2nc3c(nnn3Cc3ccccc3)c(=O)[nH]2)C1. The number of benzene rings is 1. The molecular weight excluding hydrogens is 392 g/mol. The van der Waals surface area contributed by atoms with Crippen molar-refractivity contribution < 1.29 is 4.79 Å². The van der Waals surface area contributed by atoms with Gasteiger partial charge in [-0.3, -0.25) is 9.59 Å². The Kier molecular flexibility index (Phi) is 6.74. The second-order valence-corrected chi connectivity index (χ2v) is 8.35. The zero-order chi connectivity index (χ0) is 21.6. The summed E-state index contributed by atoms with van der Waals surface area (Å²) in [6, 6.07) is 9.91. The van der Waals surface area contributed by atoms with Gasteiger partial charge in [0.1, 0.15) is 5.82 Å². The lowest BCUT2D eigenvalue weighted by Gasteiger charge is -2.32. The Labute approximate surface area is 181 Å². The number of amides is 1. The fourth-order valence-corrected chi connectivity index (χ4v) is 4.23. The number of hydrogen-bond acceptors (Lipinski definition) is 5. The smallest absolute Gasteiger partial charge is 0.281 e. The first-order chi connectivity index (χ1) is 15.2. The lowest BCUT2D eigenvalue weighted by molar-refractivity contribution is -0.132. The minimum absolute atomic E-state index is 0.0190. The van der Waals surface area contributed by atoms with Gasteiger partial charge >= 0.3 is 0 Å². The van der Waals surface area contributed by atoms with Crippen LogP contribution in [0.3, 0.4) is 0 Å². The Morgan fingerprint density at radius 3 is 2.84 bits per heavy atom. The van der Waals surface area contributed by atoms with Gasteiger partial charge in [-0.1, -0.05) is 61.7 Å². The van der Waals surface area contributed by atoms with Crippen molar-refractivity contribution in [1.29, 1.82) is 0 Å². The van der Waals surface area contributed by atoms with Crippen LogP contribution in [0.25, 0.3) is 11.2 Å². The number of carbonyl (C=O) groups is 1.